The van der Waals surface area contributed by atoms with E-state index in [1.54, 1.807) is 6.07 Å². The Morgan fingerprint density at radius 1 is 0.533 bits per heavy atom. The van der Waals surface area contributed by atoms with Gasteiger partial charge >= 0.3 is 0 Å². The van der Waals surface area contributed by atoms with Crippen molar-refractivity contribution < 1.29 is 5.11 Å². The summed E-state index contributed by atoms with van der Waals surface area (Å²) in [5, 5.41) is 11.5. The number of phenols is 1. The summed E-state index contributed by atoms with van der Waals surface area (Å²) < 4.78 is 0. The highest BCUT2D eigenvalue weighted by Gasteiger charge is 2.53. The van der Waals surface area contributed by atoms with Gasteiger partial charge in [0.05, 0.1) is 16.8 Å². The smallest absolute Gasteiger partial charge is 0.138 e. The largest absolute Gasteiger partial charge is 0.507 e. The molecule has 0 saturated heterocycles. The molecule has 0 bridgehead atoms. The molecule has 0 aliphatic heterocycles. The lowest BCUT2D eigenvalue weighted by atomic mass is 9.71. The molecular weight excluding hydrogens is 550 g/mol. The monoisotopic (exact) mass is 577 g/mol. The molecule has 2 aromatic heterocycles. The number of fused-ring (bicyclic) bond motifs is 10. The Morgan fingerprint density at radius 2 is 1.20 bits per heavy atom. The second kappa shape index (κ2) is 9.76. The molecule has 0 radical (unpaired) electrons. The van der Waals surface area contributed by atoms with Crippen molar-refractivity contribution in [2.45, 2.75) is 5.41 Å². The van der Waals surface area contributed by atoms with E-state index < -0.39 is 5.41 Å². The number of benzene rings is 5. The maximum Gasteiger partial charge on any atom is 0.138 e. The SMILES string of the molecule is Oc1cccc2c1-c1nc(N(c3ccccc3)c3cccc(-c4ccccn4)c3)ccc1C21c2ccccc2-c2ccccc21. The molecule has 2 aliphatic carbocycles. The summed E-state index contributed by atoms with van der Waals surface area (Å²) in [5.74, 6) is 1.00. The number of rotatable bonds is 4. The van der Waals surface area contributed by atoms with Crippen LogP contribution in [0.3, 0.4) is 0 Å². The predicted molar refractivity (Wildman–Crippen MR) is 180 cm³/mol. The van der Waals surface area contributed by atoms with E-state index in [-0.39, 0.29) is 5.75 Å². The van der Waals surface area contributed by atoms with Crippen LogP contribution in [0.2, 0.25) is 0 Å². The molecule has 0 saturated carbocycles. The summed E-state index contributed by atoms with van der Waals surface area (Å²) in [6.45, 7) is 0. The average molecular weight is 578 g/mol. The zero-order valence-corrected chi connectivity index (χ0v) is 24.3. The van der Waals surface area contributed by atoms with Crippen molar-refractivity contribution in [3.05, 3.63) is 180 Å². The van der Waals surface area contributed by atoms with E-state index in [4.69, 9.17) is 4.98 Å². The average Bonchev–Trinajstić information content (AvgIpc) is 3.57. The zero-order valence-electron chi connectivity index (χ0n) is 24.3. The Morgan fingerprint density at radius 3 is 1.96 bits per heavy atom. The predicted octanol–water partition coefficient (Wildman–Crippen LogP) is 9.66. The quantitative estimate of drug-likeness (QED) is 0.226. The molecule has 45 heavy (non-hydrogen) atoms. The number of aromatic hydroxyl groups is 1. The van der Waals surface area contributed by atoms with Crippen LogP contribution in [0.1, 0.15) is 22.3 Å². The van der Waals surface area contributed by atoms with Gasteiger partial charge in [-0.25, -0.2) is 4.98 Å². The Kier molecular flexibility index (Phi) is 5.53. The van der Waals surface area contributed by atoms with Crippen LogP contribution in [0.15, 0.2) is 158 Å². The number of nitrogens with zero attached hydrogens (tertiary/aromatic N) is 3. The van der Waals surface area contributed by atoms with Crippen LogP contribution >= 0.6 is 0 Å². The number of phenolic OH excluding ortho intramolecular Hbond substituents is 1. The first kappa shape index (κ1) is 25.5. The van der Waals surface area contributed by atoms with Gasteiger partial charge in [-0.2, -0.15) is 0 Å². The number of pyridine rings is 2. The highest BCUT2D eigenvalue weighted by atomic mass is 16.3. The molecule has 4 nitrogen and oxygen atoms in total. The van der Waals surface area contributed by atoms with Crippen LogP contribution in [0.5, 0.6) is 5.75 Å². The van der Waals surface area contributed by atoms with Crippen molar-refractivity contribution in [2.75, 3.05) is 4.90 Å². The van der Waals surface area contributed by atoms with Crippen LogP contribution < -0.4 is 4.90 Å². The van der Waals surface area contributed by atoms with Gasteiger partial charge in [0, 0.05) is 28.7 Å². The molecule has 4 heteroatoms. The molecule has 0 atom stereocenters. The molecule has 9 rings (SSSR count). The van der Waals surface area contributed by atoms with E-state index in [0.717, 1.165) is 50.8 Å². The minimum atomic E-state index is -0.571. The molecule has 2 aliphatic rings. The molecular formula is C41H27N3O. The molecule has 0 amide bonds. The lowest BCUT2D eigenvalue weighted by Crippen LogP contribution is -2.26. The van der Waals surface area contributed by atoms with Crippen LogP contribution in [0.25, 0.3) is 33.6 Å². The van der Waals surface area contributed by atoms with E-state index in [1.807, 2.05) is 48.7 Å². The van der Waals surface area contributed by atoms with Gasteiger partial charge in [0.2, 0.25) is 0 Å². The van der Waals surface area contributed by atoms with Gasteiger partial charge in [-0.05, 0) is 81.9 Å². The molecule has 7 aromatic rings. The van der Waals surface area contributed by atoms with Crippen molar-refractivity contribution in [1.29, 1.82) is 0 Å². The first-order valence-electron chi connectivity index (χ1n) is 15.2. The fraction of sp³-hybridized carbons (Fsp3) is 0.0244. The van der Waals surface area contributed by atoms with Gasteiger partial charge in [0.15, 0.2) is 0 Å². The van der Waals surface area contributed by atoms with E-state index in [1.165, 1.54) is 22.3 Å². The second-order valence-electron chi connectivity index (χ2n) is 11.5. The molecule has 0 unspecified atom stereocenters. The normalized spacial score (nSPS) is 13.2. The molecule has 0 fully saturated rings. The van der Waals surface area contributed by atoms with Crippen LogP contribution in [0.4, 0.5) is 17.2 Å². The maximum absolute atomic E-state index is 11.5. The van der Waals surface area contributed by atoms with Crippen molar-refractivity contribution in [2.24, 2.45) is 0 Å². The Bertz CT molecular complexity index is 2200. The van der Waals surface area contributed by atoms with E-state index in [9.17, 15) is 5.11 Å². The van der Waals surface area contributed by atoms with Gasteiger partial charge in [-0.15, -0.1) is 0 Å². The van der Waals surface area contributed by atoms with Gasteiger partial charge in [-0.1, -0.05) is 103 Å². The number of hydrogen-bond acceptors (Lipinski definition) is 4. The summed E-state index contributed by atoms with van der Waals surface area (Å²) in [6.07, 6.45) is 1.82. The standard InChI is InChI=1S/C41H27N3O/c45-37-22-11-20-34-39(37)40-35(41(34)32-18-6-4-16-30(32)31-17-5-7-19-33(31)41)23-24-38(43-40)44(28-13-2-1-3-14-28)29-15-10-12-27(26-29)36-21-8-9-25-42-36/h1-26,45H. The topological polar surface area (TPSA) is 49.3 Å². The summed E-state index contributed by atoms with van der Waals surface area (Å²) in [5.41, 5.74) is 11.9. The van der Waals surface area contributed by atoms with Crippen molar-refractivity contribution in [3.8, 4) is 39.4 Å². The molecule has 212 valence electrons. The minimum absolute atomic E-state index is 0.237. The summed E-state index contributed by atoms with van der Waals surface area (Å²) >= 11 is 0. The summed E-state index contributed by atoms with van der Waals surface area (Å²) in [4.78, 5) is 12.2. The number of para-hydroxylation sites is 1. The van der Waals surface area contributed by atoms with Crippen molar-refractivity contribution >= 4 is 17.2 Å². The third-order valence-electron chi connectivity index (χ3n) is 9.23. The van der Waals surface area contributed by atoms with E-state index >= 15 is 0 Å². The lowest BCUT2D eigenvalue weighted by Gasteiger charge is -2.30. The van der Waals surface area contributed by atoms with E-state index in [2.05, 4.69) is 113 Å². The van der Waals surface area contributed by atoms with Gasteiger partial charge in [0.25, 0.3) is 0 Å². The maximum atomic E-state index is 11.5. The third-order valence-corrected chi connectivity index (χ3v) is 9.23. The molecule has 2 heterocycles. The van der Waals surface area contributed by atoms with Gasteiger partial charge < -0.3 is 5.11 Å². The molecule has 1 N–H and O–H groups in total. The van der Waals surface area contributed by atoms with Gasteiger partial charge in [0.1, 0.15) is 11.6 Å². The fourth-order valence-electron chi connectivity index (χ4n) is 7.46. The summed E-state index contributed by atoms with van der Waals surface area (Å²) in [6, 6.07) is 52.2. The zero-order chi connectivity index (χ0) is 30.0. The van der Waals surface area contributed by atoms with Crippen LogP contribution in [-0.4, -0.2) is 15.1 Å². The third kappa shape index (κ3) is 3.60. The number of anilines is 3. The summed E-state index contributed by atoms with van der Waals surface area (Å²) in [7, 11) is 0. The number of aromatic nitrogens is 2. The fourth-order valence-corrected chi connectivity index (χ4v) is 7.46. The molecule has 5 aromatic carbocycles. The van der Waals surface area contributed by atoms with Crippen molar-refractivity contribution in [3.63, 3.8) is 0 Å². The first-order chi connectivity index (χ1) is 22.2. The van der Waals surface area contributed by atoms with Crippen LogP contribution in [0, 0.1) is 0 Å². The highest BCUT2D eigenvalue weighted by molar-refractivity contribution is 5.96. The first-order valence-corrected chi connectivity index (χ1v) is 15.2. The minimum Gasteiger partial charge on any atom is -0.507 e. The van der Waals surface area contributed by atoms with Crippen LogP contribution in [-0.2, 0) is 5.41 Å². The highest BCUT2D eigenvalue weighted by Crippen LogP contribution is 2.63. The Labute approximate surface area is 261 Å². The van der Waals surface area contributed by atoms with E-state index in [0.29, 0.717) is 0 Å². The number of hydrogen-bond donors (Lipinski definition) is 1. The second-order valence-corrected chi connectivity index (χ2v) is 11.5. The van der Waals surface area contributed by atoms with Gasteiger partial charge in [-0.3, -0.25) is 9.88 Å². The molecule has 1 spiro atoms. The Hall–Kier alpha value is -6.00. The lowest BCUT2D eigenvalue weighted by molar-refractivity contribution is 0.476. The Balaban J connectivity index is 1.30. The van der Waals surface area contributed by atoms with Crippen molar-refractivity contribution in [1.82, 2.24) is 9.97 Å².